The van der Waals surface area contributed by atoms with Crippen LogP contribution < -0.4 is 0 Å². The van der Waals surface area contributed by atoms with Crippen LogP contribution in [-0.4, -0.2) is 10.9 Å². The molecular formula is C23H26O2. The molecule has 2 atom stereocenters. The third kappa shape index (κ3) is 2.96. The van der Waals surface area contributed by atoms with E-state index in [1.165, 1.54) is 0 Å². The molecule has 0 saturated heterocycles. The quantitative estimate of drug-likeness (QED) is 0.795. The Bertz CT molecular complexity index is 761. The summed E-state index contributed by atoms with van der Waals surface area (Å²) in [6.45, 7) is 4.15. The van der Waals surface area contributed by atoms with Crippen LogP contribution in [0.1, 0.15) is 50.7 Å². The maximum atomic E-state index is 13.2. The van der Waals surface area contributed by atoms with Gasteiger partial charge in [0.15, 0.2) is 5.78 Å². The van der Waals surface area contributed by atoms with Gasteiger partial charge in [0.05, 0.1) is 5.92 Å². The van der Waals surface area contributed by atoms with Crippen LogP contribution in [0, 0.1) is 5.92 Å². The highest BCUT2D eigenvalue weighted by molar-refractivity contribution is 6.11. The van der Waals surface area contributed by atoms with E-state index in [9.17, 15) is 9.90 Å². The van der Waals surface area contributed by atoms with Crippen molar-refractivity contribution in [3.63, 3.8) is 0 Å². The predicted molar refractivity (Wildman–Crippen MR) is 102 cm³/mol. The largest absolute Gasteiger partial charge is 0.380 e. The second kappa shape index (κ2) is 7.37. The molecule has 2 nitrogen and oxygen atoms in total. The first-order valence-corrected chi connectivity index (χ1v) is 9.25. The Hall–Kier alpha value is -2.19. The van der Waals surface area contributed by atoms with Crippen LogP contribution >= 0.6 is 0 Å². The Labute approximate surface area is 150 Å². The molecule has 0 fully saturated rings. The van der Waals surface area contributed by atoms with Crippen molar-refractivity contribution in [1.82, 2.24) is 0 Å². The molecule has 0 aromatic heterocycles. The second-order valence-corrected chi connectivity index (χ2v) is 6.81. The van der Waals surface area contributed by atoms with Crippen LogP contribution in [0.25, 0.3) is 5.57 Å². The van der Waals surface area contributed by atoms with Crippen molar-refractivity contribution in [2.75, 3.05) is 0 Å². The first-order valence-electron chi connectivity index (χ1n) is 9.25. The van der Waals surface area contributed by atoms with Gasteiger partial charge in [-0.05, 0) is 24.0 Å². The maximum absolute atomic E-state index is 13.2. The average Bonchev–Trinajstić information content (AvgIpc) is 2.86. The summed E-state index contributed by atoms with van der Waals surface area (Å²) in [4.78, 5) is 13.2. The van der Waals surface area contributed by atoms with Gasteiger partial charge in [-0.15, -0.1) is 0 Å². The lowest BCUT2D eigenvalue weighted by atomic mass is 9.75. The fraction of sp³-hybridized carbons (Fsp3) is 0.348. The minimum absolute atomic E-state index is 0.119. The van der Waals surface area contributed by atoms with Crippen molar-refractivity contribution < 1.29 is 9.90 Å². The van der Waals surface area contributed by atoms with E-state index in [4.69, 9.17) is 0 Å². The van der Waals surface area contributed by atoms with Gasteiger partial charge >= 0.3 is 0 Å². The molecule has 0 heterocycles. The summed E-state index contributed by atoms with van der Waals surface area (Å²) in [5.41, 5.74) is 2.12. The summed E-state index contributed by atoms with van der Waals surface area (Å²) in [7, 11) is 0. The van der Waals surface area contributed by atoms with Gasteiger partial charge in [0, 0.05) is 11.1 Å². The van der Waals surface area contributed by atoms with Crippen LogP contribution in [-0.2, 0) is 10.4 Å². The molecule has 3 rings (SSSR count). The Kier molecular flexibility index (Phi) is 5.19. The minimum atomic E-state index is -1.25. The molecule has 1 aliphatic rings. The van der Waals surface area contributed by atoms with E-state index in [-0.39, 0.29) is 5.78 Å². The molecule has 0 radical (unpaired) electrons. The van der Waals surface area contributed by atoms with Gasteiger partial charge in [0.2, 0.25) is 0 Å². The lowest BCUT2D eigenvalue weighted by Gasteiger charge is -2.33. The zero-order valence-electron chi connectivity index (χ0n) is 15.0. The van der Waals surface area contributed by atoms with E-state index in [1.807, 2.05) is 60.7 Å². The number of Topliss-reactive ketones (excluding diaryl/α,β-unsaturated/α-hetero) is 1. The van der Waals surface area contributed by atoms with E-state index in [2.05, 4.69) is 13.8 Å². The van der Waals surface area contributed by atoms with E-state index in [0.29, 0.717) is 12.8 Å². The zero-order valence-corrected chi connectivity index (χ0v) is 15.0. The molecule has 0 saturated carbocycles. The zero-order chi connectivity index (χ0) is 17.9. The summed E-state index contributed by atoms with van der Waals surface area (Å²) < 4.78 is 0. The Morgan fingerprint density at radius 3 is 2.08 bits per heavy atom. The highest BCUT2D eigenvalue weighted by Gasteiger charge is 2.52. The van der Waals surface area contributed by atoms with Gasteiger partial charge in [-0.2, -0.15) is 0 Å². The summed E-state index contributed by atoms with van der Waals surface area (Å²) in [5.74, 6) is -0.287. The predicted octanol–water partition coefficient (Wildman–Crippen LogP) is 5.13. The molecule has 2 heteroatoms. The molecule has 1 N–H and O–H groups in total. The second-order valence-electron chi connectivity index (χ2n) is 6.81. The fourth-order valence-electron chi connectivity index (χ4n) is 4.09. The van der Waals surface area contributed by atoms with Crippen LogP contribution in [0.3, 0.4) is 0 Å². The average molecular weight is 334 g/mol. The molecule has 2 unspecified atom stereocenters. The van der Waals surface area contributed by atoms with E-state index < -0.39 is 11.5 Å². The molecule has 0 aliphatic heterocycles. The van der Waals surface area contributed by atoms with Gasteiger partial charge in [0.1, 0.15) is 5.60 Å². The number of hydrogen-bond acceptors (Lipinski definition) is 2. The minimum Gasteiger partial charge on any atom is -0.380 e. The topological polar surface area (TPSA) is 37.3 Å². The molecular weight excluding hydrogens is 308 g/mol. The van der Waals surface area contributed by atoms with Crippen molar-refractivity contribution >= 4 is 11.4 Å². The number of allylic oxidation sites excluding steroid dienone is 1. The number of aliphatic hydroxyl groups is 1. The van der Waals surface area contributed by atoms with E-state index >= 15 is 0 Å². The highest BCUT2D eigenvalue weighted by atomic mass is 16.3. The van der Waals surface area contributed by atoms with Gasteiger partial charge < -0.3 is 5.11 Å². The van der Waals surface area contributed by atoms with Gasteiger partial charge in [0.25, 0.3) is 0 Å². The number of hydrogen-bond donors (Lipinski definition) is 1. The molecule has 0 spiro atoms. The SMILES string of the molecule is CCCC1=C(c2ccccc2)C(O)(c2ccccc2)C(CCC)C1=O. The number of carbonyl (C=O) groups excluding carboxylic acids is 1. The first kappa shape index (κ1) is 17.6. The van der Waals surface area contributed by atoms with Gasteiger partial charge in [-0.1, -0.05) is 87.4 Å². The Morgan fingerprint density at radius 2 is 1.52 bits per heavy atom. The molecule has 1 aliphatic carbocycles. The molecule has 2 aromatic rings. The summed E-state index contributed by atoms with van der Waals surface area (Å²) in [6.07, 6.45) is 3.15. The lowest BCUT2D eigenvalue weighted by Crippen LogP contribution is -2.35. The number of benzene rings is 2. The van der Waals surface area contributed by atoms with E-state index in [0.717, 1.165) is 35.1 Å². The number of rotatable bonds is 6. The summed E-state index contributed by atoms with van der Waals surface area (Å²) in [6, 6.07) is 19.6. The molecule has 25 heavy (non-hydrogen) atoms. The normalized spacial score (nSPS) is 23.3. The van der Waals surface area contributed by atoms with E-state index in [1.54, 1.807) is 0 Å². The van der Waals surface area contributed by atoms with Crippen LogP contribution in [0.5, 0.6) is 0 Å². The highest BCUT2D eigenvalue weighted by Crippen LogP contribution is 2.52. The smallest absolute Gasteiger partial charge is 0.165 e. The fourth-order valence-corrected chi connectivity index (χ4v) is 4.09. The molecule has 2 aromatic carbocycles. The van der Waals surface area contributed by atoms with Gasteiger partial charge in [-0.3, -0.25) is 4.79 Å². The molecule has 0 bridgehead atoms. The van der Waals surface area contributed by atoms with Crippen molar-refractivity contribution in [3.05, 3.63) is 77.4 Å². The van der Waals surface area contributed by atoms with Crippen LogP contribution in [0.15, 0.2) is 66.2 Å². The molecule has 130 valence electrons. The van der Waals surface area contributed by atoms with Crippen molar-refractivity contribution in [2.45, 2.75) is 45.1 Å². The van der Waals surface area contributed by atoms with Crippen molar-refractivity contribution in [1.29, 1.82) is 0 Å². The summed E-state index contributed by atoms with van der Waals surface area (Å²) >= 11 is 0. The van der Waals surface area contributed by atoms with Crippen LogP contribution in [0.4, 0.5) is 0 Å². The van der Waals surface area contributed by atoms with Crippen molar-refractivity contribution in [2.24, 2.45) is 5.92 Å². The summed E-state index contributed by atoms with van der Waals surface area (Å²) in [5, 5.41) is 12.0. The maximum Gasteiger partial charge on any atom is 0.165 e. The third-order valence-corrected chi connectivity index (χ3v) is 5.15. The Morgan fingerprint density at radius 1 is 0.920 bits per heavy atom. The standard InChI is InChI=1S/C23H26O2/c1-3-11-19-21(17-13-7-5-8-14-17)23(25,18-15-9-6-10-16-18)20(12-4-2)22(19)24/h5-10,13-16,20,25H,3-4,11-12H2,1-2H3. The number of ketones is 1. The number of carbonyl (C=O) groups is 1. The van der Waals surface area contributed by atoms with Crippen molar-refractivity contribution in [3.8, 4) is 0 Å². The first-order chi connectivity index (χ1) is 12.1. The lowest BCUT2D eigenvalue weighted by molar-refractivity contribution is -0.124. The van der Waals surface area contributed by atoms with Gasteiger partial charge in [-0.25, -0.2) is 0 Å². The molecule has 0 amide bonds. The monoisotopic (exact) mass is 334 g/mol. The Balaban J connectivity index is 2.27. The van der Waals surface area contributed by atoms with Crippen LogP contribution in [0.2, 0.25) is 0 Å². The third-order valence-electron chi connectivity index (χ3n) is 5.15.